The Bertz CT molecular complexity index is 323. The molecule has 0 spiro atoms. The summed E-state index contributed by atoms with van der Waals surface area (Å²) in [4.78, 5) is 5.90. The Kier molecular flexibility index (Phi) is 5.38. The Morgan fingerprint density at radius 1 is 1.44 bits per heavy atom. The summed E-state index contributed by atoms with van der Waals surface area (Å²) in [5, 5.41) is 1.10. The summed E-state index contributed by atoms with van der Waals surface area (Å²) < 4.78 is 5.75. The van der Waals surface area contributed by atoms with Crippen molar-refractivity contribution in [3.05, 3.63) is 15.6 Å². The minimum absolute atomic E-state index is 0.125. The summed E-state index contributed by atoms with van der Waals surface area (Å²) in [5.74, 6) is 0.455. The van der Waals surface area contributed by atoms with Gasteiger partial charge in [0.25, 0.3) is 0 Å². The first kappa shape index (κ1) is 13.6. The van der Waals surface area contributed by atoms with Crippen molar-refractivity contribution >= 4 is 11.3 Å². The molecule has 1 aromatic rings. The molecule has 0 amide bonds. The van der Waals surface area contributed by atoms with E-state index in [0.717, 1.165) is 23.7 Å². The molecule has 0 saturated carbocycles. The van der Waals surface area contributed by atoms with E-state index in [9.17, 15) is 0 Å². The third-order valence-corrected chi connectivity index (χ3v) is 3.75. The first-order valence-corrected chi connectivity index (χ1v) is 6.69. The van der Waals surface area contributed by atoms with Crippen molar-refractivity contribution in [1.29, 1.82) is 0 Å². The topological polar surface area (TPSA) is 48.1 Å². The fourth-order valence-corrected chi connectivity index (χ4v) is 2.97. The van der Waals surface area contributed by atoms with Crippen LogP contribution >= 0.6 is 11.3 Å². The van der Waals surface area contributed by atoms with Crippen molar-refractivity contribution in [2.24, 2.45) is 11.7 Å². The second-order valence-corrected chi connectivity index (χ2v) is 5.33. The Morgan fingerprint density at radius 3 is 2.62 bits per heavy atom. The summed E-state index contributed by atoms with van der Waals surface area (Å²) >= 11 is 1.74. The molecule has 0 saturated heterocycles. The molecular formula is C12H22N2OS. The molecule has 0 aliphatic rings. The van der Waals surface area contributed by atoms with Gasteiger partial charge in [-0.1, -0.05) is 13.8 Å². The monoisotopic (exact) mass is 242 g/mol. The van der Waals surface area contributed by atoms with Gasteiger partial charge in [-0.25, -0.2) is 4.98 Å². The number of hydrogen-bond acceptors (Lipinski definition) is 4. The first-order chi connectivity index (χ1) is 7.60. The first-order valence-electron chi connectivity index (χ1n) is 5.88. The van der Waals surface area contributed by atoms with E-state index in [1.807, 2.05) is 13.8 Å². The van der Waals surface area contributed by atoms with Crippen molar-refractivity contribution in [3.63, 3.8) is 0 Å². The van der Waals surface area contributed by atoms with Gasteiger partial charge < -0.3 is 10.5 Å². The molecule has 0 bridgehead atoms. The van der Waals surface area contributed by atoms with Gasteiger partial charge in [0, 0.05) is 11.5 Å². The van der Waals surface area contributed by atoms with Crippen molar-refractivity contribution in [2.45, 2.75) is 40.2 Å². The van der Waals surface area contributed by atoms with Crippen LogP contribution in [0, 0.1) is 12.8 Å². The number of aryl methyl sites for hydroxylation is 1. The van der Waals surface area contributed by atoms with Crippen molar-refractivity contribution in [1.82, 2.24) is 4.98 Å². The lowest BCUT2D eigenvalue weighted by atomic mass is 10.1. The molecule has 1 rings (SSSR count). The average molecular weight is 242 g/mol. The molecule has 0 aromatic carbocycles. The molecule has 0 radical (unpaired) electrons. The molecule has 0 aliphatic carbocycles. The van der Waals surface area contributed by atoms with E-state index in [1.54, 1.807) is 11.3 Å². The van der Waals surface area contributed by atoms with Crippen LogP contribution in [0.15, 0.2) is 0 Å². The maximum atomic E-state index is 5.75. The van der Waals surface area contributed by atoms with Crippen molar-refractivity contribution < 1.29 is 4.74 Å². The van der Waals surface area contributed by atoms with Gasteiger partial charge in [0.2, 0.25) is 0 Å². The maximum Gasteiger partial charge on any atom is 0.122 e. The SMILES string of the molecule is CCOC(c1nc(C)c(CCN)s1)C(C)C. The Morgan fingerprint density at radius 2 is 2.12 bits per heavy atom. The minimum Gasteiger partial charge on any atom is -0.371 e. The summed E-state index contributed by atoms with van der Waals surface area (Å²) in [7, 11) is 0. The highest BCUT2D eigenvalue weighted by molar-refractivity contribution is 7.11. The standard InChI is InChI=1S/C12H22N2OS/c1-5-15-11(8(2)3)12-14-9(4)10(16-12)6-7-13/h8,11H,5-7,13H2,1-4H3. The lowest BCUT2D eigenvalue weighted by Gasteiger charge is -2.18. The van der Waals surface area contributed by atoms with Crippen LogP contribution in [0.1, 0.15) is 42.5 Å². The zero-order valence-electron chi connectivity index (χ0n) is 10.6. The third-order valence-electron chi connectivity index (χ3n) is 2.48. The van der Waals surface area contributed by atoms with Crippen LogP contribution in [0.2, 0.25) is 0 Å². The summed E-state index contributed by atoms with van der Waals surface area (Å²) in [5.41, 5.74) is 6.69. The van der Waals surface area contributed by atoms with Crippen molar-refractivity contribution in [2.75, 3.05) is 13.2 Å². The predicted molar refractivity (Wildman–Crippen MR) is 68.8 cm³/mol. The number of rotatable bonds is 6. The molecule has 16 heavy (non-hydrogen) atoms. The molecule has 4 heteroatoms. The number of ether oxygens (including phenoxy) is 1. The fourth-order valence-electron chi connectivity index (χ4n) is 1.66. The lowest BCUT2D eigenvalue weighted by molar-refractivity contribution is 0.0292. The van der Waals surface area contributed by atoms with E-state index in [4.69, 9.17) is 10.5 Å². The molecule has 2 N–H and O–H groups in total. The number of nitrogens with zero attached hydrogens (tertiary/aromatic N) is 1. The van der Waals surface area contributed by atoms with Crippen LogP contribution in [-0.4, -0.2) is 18.1 Å². The molecule has 1 atom stereocenters. The van der Waals surface area contributed by atoms with Crippen LogP contribution in [-0.2, 0) is 11.2 Å². The van der Waals surface area contributed by atoms with Gasteiger partial charge in [-0.2, -0.15) is 0 Å². The lowest BCUT2D eigenvalue weighted by Crippen LogP contribution is -2.10. The normalized spacial score (nSPS) is 13.4. The van der Waals surface area contributed by atoms with E-state index >= 15 is 0 Å². The second kappa shape index (κ2) is 6.33. The highest BCUT2D eigenvalue weighted by Gasteiger charge is 2.20. The van der Waals surface area contributed by atoms with E-state index in [1.165, 1.54) is 4.88 Å². The van der Waals surface area contributed by atoms with Crippen LogP contribution in [0.4, 0.5) is 0 Å². The van der Waals surface area contributed by atoms with E-state index < -0.39 is 0 Å². The maximum absolute atomic E-state index is 5.75. The van der Waals surface area contributed by atoms with Crippen LogP contribution < -0.4 is 5.73 Å². The molecule has 1 unspecified atom stereocenters. The van der Waals surface area contributed by atoms with E-state index in [0.29, 0.717) is 12.5 Å². The summed E-state index contributed by atoms with van der Waals surface area (Å²) in [6.45, 7) is 9.82. The molecule has 1 heterocycles. The summed E-state index contributed by atoms with van der Waals surface area (Å²) in [6, 6.07) is 0. The van der Waals surface area contributed by atoms with Crippen LogP contribution in [0.25, 0.3) is 0 Å². The highest BCUT2D eigenvalue weighted by atomic mass is 32.1. The largest absolute Gasteiger partial charge is 0.371 e. The number of hydrogen-bond donors (Lipinski definition) is 1. The molecule has 92 valence electrons. The van der Waals surface area contributed by atoms with Gasteiger partial charge in [-0.3, -0.25) is 0 Å². The fraction of sp³-hybridized carbons (Fsp3) is 0.750. The van der Waals surface area contributed by atoms with Gasteiger partial charge in [0.05, 0.1) is 5.69 Å². The quantitative estimate of drug-likeness (QED) is 0.834. The zero-order valence-corrected chi connectivity index (χ0v) is 11.4. The molecular weight excluding hydrogens is 220 g/mol. The Labute approximate surface area is 102 Å². The van der Waals surface area contributed by atoms with Gasteiger partial charge in [0.15, 0.2) is 0 Å². The third kappa shape index (κ3) is 3.27. The highest BCUT2D eigenvalue weighted by Crippen LogP contribution is 2.31. The molecule has 0 aliphatic heterocycles. The summed E-state index contributed by atoms with van der Waals surface area (Å²) in [6.07, 6.45) is 1.04. The van der Waals surface area contributed by atoms with Crippen molar-refractivity contribution in [3.8, 4) is 0 Å². The van der Waals surface area contributed by atoms with Crippen LogP contribution in [0.3, 0.4) is 0 Å². The molecule has 1 aromatic heterocycles. The Hall–Kier alpha value is -0.450. The van der Waals surface area contributed by atoms with Gasteiger partial charge in [-0.05, 0) is 32.7 Å². The van der Waals surface area contributed by atoms with Crippen LogP contribution in [0.5, 0.6) is 0 Å². The number of aromatic nitrogens is 1. The van der Waals surface area contributed by atoms with E-state index in [-0.39, 0.29) is 6.10 Å². The average Bonchev–Trinajstić information content (AvgIpc) is 2.57. The molecule has 3 nitrogen and oxygen atoms in total. The number of nitrogens with two attached hydrogens (primary N) is 1. The Balaban J connectivity index is 2.88. The second-order valence-electron chi connectivity index (χ2n) is 4.22. The number of thiazole rings is 1. The van der Waals surface area contributed by atoms with Gasteiger partial charge >= 0.3 is 0 Å². The zero-order chi connectivity index (χ0) is 12.1. The minimum atomic E-state index is 0.125. The molecule has 0 fully saturated rings. The van der Waals surface area contributed by atoms with Gasteiger partial charge in [0.1, 0.15) is 11.1 Å². The van der Waals surface area contributed by atoms with E-state index in [2.05, 4.69) is 18.8 Å². The predicted octanol–water partition coefficient (Wildman–Crippen LogP) is 2.69. The van der Waals surface area contributed by atoms with Gasteiger partial charge in [-0.15, -0.1) is 11.3 Å². The smallest absolute Gasteiger partial charge is 0.122 e.